The Morgan fingerprint density at radius 1 is 0.902 bits per heavy atom. The summed E-state index contributed by atoms with van der Waals surface area (Å²) in [6, 6.07) is 34.9. The highest BCUT2D eigenvalue weighted by molar-refractivity contribution is 9.10. The van der Waals surface area contributed by atoms with E-state index >= 15 is 0 Å². The highest BCUT2D eigenvalue weighted by Crippen LogP contribution is 2.42. The Labute approximate surface area is 251 Å². The molecule has 204 valence electrons. The van der Waals surface area contributed by atoms with Crippen LogP contribution in [0.25, 0.3) is 5.69 Å². The largest absolute Gasteiger partial charge is 0.484 e. The predicted molar refractivity (Wildman–Crippen MR) is 168 cm³/mol. The van der Waals surface area contributed by atoms with E-state index < -0.39 is 0 Å². The first kappa shape index (κ1) is 26.7. The van der Waals surface area contributed by atoms with Gasteiger partial charge in [-0.25, -0.2) is 0 Å². The molecule has 2 atom stereocenters. The number of carbonyl (C=O) groups is 1. The van der Waals surface area contributed by atoms with Gasteiger partial charge in [-0.05, 0) is 97.1 Å². The number of para-hydroxylation sites is 1. The van der Waals surface area contributed by atoms with Crippen LogP contribution < -0.4 is 20.3 Å². The number of pyridine rings is 1. The van der Waals surface area contributed by atoms with Crippen molar-refractivity contribution in [3.8, 4) is 11.4 Å². The Kier molecular flexibility index (Phi) is 7.80. The van der Waals surface area contributed by atoms with E-state index in [1.165, 1.54) is 0 Å². The van der Waals surface area contributed by atoms with Crippen LogP contribution in [0.4, 0.5) is 11.4 Å². The van der Waals surface area contributed by atoms with E-state index in [0.717, 1.165) is 27.2 Å². The minimum Gasteiger partial charge on any atom is -0.484 e. The topological polar surface area (TPSA) is 71.4 Å². The van der Waals surface area contributed by atoms with Crippen molar-refractivity contribution in [3.05, 3.63) is 137 Å². The zero-order valence-corrected chi connectivity index (χ0v) is 24.3. The summed E-state index contributed by atoms with van der Waals surface area (Å²) >= 11 is 9.43. The molecule has 7 nitrogen and oxygen atoms in total. The summed E-state index contributed by atoms with van der Waals surface area (Å²) in [5, 5.41) is 7.01. The number of carbonyl (C=O) groups excluding carboxylic acids is 1. The maximum absolute atomic E-state index is 12.5. The fourth-order valence-corrected chi connectivity index (χ4v) is 5.58. The number of aromatic nitrogens is 2. The van der Waals surface area contributed by atoms with Crippen molar-refractivity contribution in [1.29, 1.82) is 0 Å². The first-order valence-corrected chi connectivity index (χ1v) is 14.3. The summed E-state index contributed by atoms with van der Waals surface area (Å²) in [6.07, 6.45) is 3.86. The van der Waals surface area contributed by atoms with E-state index in [0.29, 0.717) is 16.5 Å². The smallest absolute Gasteiger partial charge is 0.262 e. The zero-order chi connectivity index (χ0) is 28.2. The SMILES string of the molecule is O=C(COc1ccccc1)Nc1ccc(N2C(=S)N[C@@H](c3ccccn3)[C@H]2c2cccn2-c2ccc(Br)cc2)cc1. The maximum atomic E-state index is 12.5. The molecular formula is C32H26BrN5O2S. The first-order chi connectivity index (χ1) is 20.1. The summed E-state index contributed by atoms with van der Waals surface area (Å²) in [5.41, 5.74) is 4.57. The lowest BCUT2D eigenvalue weighted by Gasteiger charge is -2.29. The highest BCUT2D eigenvalue weighted by Gasteiger charge is 2.42. The van der Waals surface area contributed by atoms with Gasteiger partial charge in [-0.2, -0.15) is 0 Å². The third-order valence-electron chi connectivity index (χ3n) is 6.83. The number of hydrogen-bond donors (Lipinski definition) is 2. The van der Waals surface area contributed by atoms with Crippen LogP contribution in [0.3, 0.4) is 0 Å². The van der Waals surface area contributed by atoms with Gasteiger partial charge in [-0.3, -0.25) is 9.78 Å². The minimum absolute atomic E-state index is 0.0766. The molecule has 1 amide bonds. The molecule has 6 rings (SSSR count). The van der Waals surface area contributed by atoms with Gasteiger partial charge in [0.15, 0.2) is 11.7 Å². The van der Waals surface area contributed by atoms with Crippen LogP contribution in [-0.4, -0.2) is 27.2 Å². The second kappa shape index (κ2) is 12.0. The van der Waals surface area contributed by atoms with Crippen LogP contribution in [-0.2, 0) is 4.79 Å². The molecule has 1 aliphatic heterocycles. The number of anilines is 2. The molecular weight excluding hydrogens is 598 g/mol. The monoisotopic (exact) mass is 623 g/mol. The van der Waals surface area contributed by atoms with E-state index in [-0.39, 0.29) is 24.6 Å². The summed E-state index contributed by atoms with van der Waals surface area (Å²) in [5.74, 6) is 0.412. The molecule has 0 unspecified atom stereocenters. The van der Waals surface area contributed by atoms with Gasteiger partial charge in [0, 0.05) is 39.6 Å². The normalized spacial score (nSPS) is 16.3. The standard InChI is InChI=1S/C32H26BrN5O2S/c33-22-11-15-24(16-12-22)37-20-6-10-28(37)31-30(27-9-4-5-19-34-27)36-32(41)38(31)25-17-13-23(14-18-25)35-29(39)21-40-26-7-2-1-3-8-26/h1-20,30-31H,21H2,(H,35,39)(H,36,41)/t30-,31+/m0/s1. The van der Waals surface area contributed by atoms with Gasteiger partial charge in [0.2, 0.25) is 0 Å². The van der Waals surface area contributed by atoms with Gasteiger partial charge >= 0.3 is 0 Å². The van der Waals surface area contributed by atoms with Gasteiger partial charge in [-0.15, -0.1) is 0 Å². The van der Waals surface area contributed by atoms with Crippen LogP contribution in [0.2, 0.25) is 0 Å². The van der Waals surface area contributed by atoms with Crippen molar-refractivity contribution >= 4 is 50.5 Å². The molecule has 9 heteroatoms. The number of amides is 1. The number of halogens is 1. The van der Waals surface area contributed by atoms with Crippen molar-refractivity contribution in [2.24, 2.45) is 0 Å². The van der Waals surface area contributed by atoms with E-state index in [9.17, 15) is 4.79 Å². The second-order valence-electron chi connectivity index (χ2n) is 9.47. The molecule has 1 saturated heterocycles. The fourth-order valence-electron chi connectivity index (χ4n) is 4.97. The molecule has 2 N–H and O–H groups in total. The number of thiocarbonyl (C=S) groups is 1. The second-order valence-corrected chi connectivity index (χ2v) is 10.8. The average molecular weight is 625 g/mol. The lowest BCUT2D eigenvalue weighted by Crippen LogP contribution is -2.30. The lowest BCUT2D eigenvalue weighted by molar-refractivity contribution is -0.118. The van der Waals surface area contributed by atoms with Crippen molar-refractivity contribution < 1.29 is 9.53 Å². The summed E-state index contributed by atoms with van der Waals surface area (Å²) in [6.45, 7) is -0.0766. The summed E-state index contributed by atoms with van der Waals surface area (Å²) in [7, 11) is 0. The Bertz CT molecular complexity index is 1640. The quantitative estimate of drug-likeness (QED) is 0.185. The lowest BCUT2D eigenvalue weighted by atomic mass is 10.0. The van der Waals surface area contributed by atoms with Crippen LogP contribution in [0, 0.1) is 0 Å². The number of nitrogens with one attached hydrogen (secondary N) is 2. The number of benzene rings is 3. The molecule has 3 heterocycles. The van der Waals surface area contributed by atoms with Gasteiger partial charge in [0.25, 0.3) is 5.91 Å². The van der Waals surface area contributed by atoms with Gasteiger partial charge in [0.1, 0.15) is 11.8 Å². The number of ether oxygens (including phenoxy) is 1. The molecule has 0 saturated carbocycles. The Balaban J connectivity index is 1.28. The van der Waals surface area contributed by atoms with Crippen LogP contribution in [0.15, 0.2) is 126 Å². The zero-order valence-electron chi connectivity index (χ0n) is 21.9. The van der Waals surface area contributed by atoms with E-state index in [4.69, 9.17) is 17.0 Å². The highest BCUT2D eigenvalue weighted by atomic mass is 79.9. The van der Waals surface area contributed by atoms with Crippen LogP contribution in [0.1, 0.15) is 23.5 Å². The average Bonchev–Trinajstić information content (AvgIpc) is 3.62. The van der Waals surface area contributed by atoms with Gasteiger partial charge in [0.05, 0.1) is 11.7 Å². The third kappa shape index (κ3) is 5.86. The van der Waals surface area contributed by atoms with Gasteiger partial charge < -0.3 is 24.8 Å². The van der Waals surface area contributed by atoms with E-state index in [1.54, 1.807) is 6.20 Å². The molecule has 2 aromatic heterocycles. The molecule has 0 aliphatic carbocycles. The molecule has 0 spiro atoms. The number of rotatable bonds is 8. The summed E-state index contributed by atoms with van der Waals surface area (Å²) in [4.78, 5) is 19.3. The molecule has 41 heavy (non-hydrogen) atoms. The predicted octanol–water partition coefficient (Wildman–Crippen LogP) is 6.83. The Morgan fingerprint density at radius 2 is 1.63 bits per heavy atom. The van der Waals surface area contributed by atoms with Crippen molar-refractivity contribution in [2.75, 3.05) is 16.8 Å². The molecule has 5 aromatic rings. The number of hydrogen-bond acceptors (Lipinski definition) is 4. The molecule has 0 radical (unpaired) electrons. The molecule has 0 bridgehead atoms. The van der Waals surface area contributed by atoms with Crippen molar-refractivity contribution in [3.63, 3.8) is 0 Å². The molecule has 3 aromatic carbocycles. The Hall–Kier alpha value is -4.47. The maximum Gasteiger partial charge on any atom is 0.262 e. The van der Waals surface area contributed by atoms with E-state index in [2.05, 4.69) is 65.4 Å². The van der Waals surface area contributed by atoms with E-state index in [1.807, 2.05) is 91.0 Å². The number of nitrogens with zero attached hydrogens (tertiary/aromatic N) is 3. The summed E-state index contributed by atoms with van der Waals surface area (Å²) < 4.78 is 8.76. The third-order valence-corrected chi connectivity index (χ3v) is 7.67. The van der Waals surface area contributed by atoms with Crippen LogP contribution in [0.5, 0.6) is 5.75 Å². The molecule has 1 fully saturated rings. The van der Waals surface area contributed by atoms with Gasteiger partial charge in [-0.1, -0.05) is 40.2 Å². The van der Waals surface area contributed by atoms with Crippen molar-refractivity contribution in [1.82, 2.24) is 14.9 Å². The first-order valence-electron chi connectivity index (χ1n) is 13.1. The fraction of sp³-hybridized carbons (Fsp3) is 0.0938. The molecule has 1 aliphatic rings. The van der Waals surface area contributed by atoms with Crippen molar-refractivity contribution in [2.45, 2.75) is 12.1 Å². The van der Waals surface area contributed by atoms with Crippen LogP contribution >= 0.6 is 28.1 Å². The Morgan fingerprint density at radius 3 is 2.37 bits per heavy atom. The minimum atomic E-state index is -0.236.